The summed E-state index contributed by atoms with van der Waals surface area (Å²) in [7, 11) is 1.88. The zero-order valence-electron chi connectivity index (χ0n) is 11.4. The molecule has 20 heavy (non-hydrogen) atoms. The number of nitrogens with one attached hydrogen (secondary N) is 1. The van der Waals surface area contributed by atoms with Crippen LogP contribution >= 0.6 is 0 Å². The van der Waals surface area contributed by atoms with Gasteiger partial charge in [0.2, 0.25) is 0 Å². The molecule has 1 aliphatic rings. The number of hydrogen-bond acceptors (Lipinski definition) is 3. The Morgan fingerprint density at radius 3 is 2.60 bits per heavy atom. The SMILES string of the molecule is CNCC1COCCN1Cc1ccc(C(F)(F)F)cc1. The Bertz CT molecular complexity index is 417. The minimum atomic E-state index is -4.27. The van der Waals surface area contributed by atoms with Crippen LogP contribution in [0.2, 0.25) is 0 Å². The average Bonchev–Trinajstić information content (AvgIpc) is 2.41. The molecule has 112 valence electrons. The molecule has 0 amide bonds. The predicted molar refractivity (Wildman–Crippen MR) is 70.4 cm³/mol. The molecule has 0 bridgehead atoms. The van der Waals surface area contributed by atoms with Crippen molar-refractivity contribution in [2.24, 2.45) is 0 Å². The number of halogens is 3. The lowest BCUT2D eigenvalue weighted by atomic mass is 10.1. The molecule has 1 aliphatic heterocycles. The maximum absolute atomic E-state index is 12.5. The second-order valence-electron chi connectivity index (χ2n) is 4.95. The molecule has 0 aliphatic carbocycles. The predicted octanol–water partition coefficient (Wildman–Crippen LogP) is 2.13. The molecule has 1 unspecified atom stereocenters. The van der Waals surface area contributed by atoms with Crippen LogP contribution in [0, 0.1) is 0 Å². The number of alkyl halides is 3. The fraction of sp³-hybridized carbons (Fsp3) is 0.571. The van der Waals surface area contributed by atoms with E-state index in [4.69, 9.17) is 4.74 Å². The van der Waals surface area contributed by atoms with Gasteiger partial charge < -0.3 is 10.1 Å². The topological polar surface area (TPSA) is 24.5 Å². The summed E-state index contributed by atoms with van der Waals surface area (Å²) in [6.07, 6.45) is -4.27. The number of nitrogens with zero attached hydrogens (tertiary/aromatic N) is 1. The second kappa shape index (κ2) is 6.56. The van der Waals surface area contributed by atoms with Gasteiger partial charge in [-0.25, -0.2) is 0 Å². The van der Waals surface area contributed by atoms with E-state index in [1.165, 1.54) is 0 Å². The van der Waals surface area contributed by atoms with Gasteiger partial charge in [0.25, 0.3) is 0 Å². The van der Waals surface area contributed by atoms with E-state index in [0.29, 0.717) is 19.8 Å². The summed E-state index contributed by atoms with van der Waals surface area (Å²) in [6, 6.07) is 5.64. The first-order valence-electron chi connectivity index (χ1n) is 6.63. The molecule has 1 heterocycles. The number of ether oxygens (including phenoxy) is 1. The number of likely N-dealkylation sites (N-methyl/N-ethyl adjacent to an activating group) is 1. The van der Waals surface area contributed by atoms with Crippen molar-refractivity contribution in [3.05, 3.63) is 35.4 Å². The Balaban J connectivity index is 2.01. The molecule has 1 saturated heterocycles. The molecule has 3 nitrogen and oxygen atoms in total. The van der Waals surface area contributed by atoms with E-state index in [0.717, 1.165) is 30.8 Å². The smallest absolute Gasteiger partial charge is 0.378 e. The van der Waals surface area contributed by atoms with Crippen LogP contribution in [0.5, 0.6) is 0 Å². The maximum Gasteiger partial charge on any atom is 0.416 e. The van der Waals surface area contributed by atoms with Crippen LogP contribution in [0.1, 0.15) is 11.1 Å². The van der Waals surface area contributed by atoms with Crippen LogP contribution in [0.15, 0.2) is 24.3 Å². The standard InChI is InChI=1S/C14H19F3N2O/c1-18-8-13-10-20-7-6-19(13)9-11-2-4-12(5-3-11)14(15,16)17/h2-5,13,18H,6-10H2,1H3. The Hall–Kier alpha value is -1.11. The summed E-state index contributed by atoms with van der Waals surface area (Å²) >= 11 is 0. The van der Waals surface area contributed by atoms with Crippen molar-refractivity contribution in [3.63, 3.8) is 0 Å². The summed E-state index contributed by atoms with van der Waals surface area (Å²) in [5.74, 6) is 0. The van der Waals surface area contributed by atoms with Crippen molar-refractivity contribution in [1.29, 1.82) is 0 Å². The van der Waals surface area contributed by atoms with Crippen LogP contribution in [-0.2, 0) is 17.5 Å². The highest BCUT2D eigenvalue weighted by Gasteiger charge is 2.30. The summed E-state index contributed by atoms with van der Waals surface area (Å²) in [6.45, 7) is 3.57. The number of morpholine rings is 1. The van der Waals surface area contributed by atoms with E-state index in [9.17, 15) is 13.2 Å². The molecule has 2 rings (SSSR count). The Morgan fingerprint density at radius 1 is 1.30 bits per heavy atom. The Kier molecular flexibility index (Phi) is 5.01. The van der Waals surface area contributed by atoms with Gasteiger partial charge in [0, 0.05) is 25.7 Å². The lowest BCUT2D eigenvalue weighted by molar-refractivity contribution is -0.137. The van der Waals surface area contributed by atoms with Gasteiger partial charge in [-0.3, -0.25) is 4.90 Å². The highest BCUT2D eigenvalue weighted by Crippen LogP contribution is 2.29. The third-order valence-electron chi connectivity index (χ3n) is 3.46. The van der Waals surface area contributed by atoms with Crippen LogP contribution in [0.4, 0.5) is 13.2 Å². The van der Waals surface area contributed by atoms with E-state index >= 15 is 0 Å². The summed E-state index contributed by atoms with van der Waals surface area (Å²) in [5.41, 5.74) is 0.288. The fourth-order valence-electron chi connectivity index (χ4n) is 2.35. The molecule has 0 radical (unpaired) electrons. The van der Waals surface area contributed by atoms with Crippen molar-refractivity contribution < 1.29 is 17.9 Å². The first kappa shape index (κ1) is 15.3. The van der Waals surface area contributed by atoms with Gasteiger partial charge in [0.05, 0.1) is 18.8 Å². The van der Waals surface area contributed by atoms with Gasteiger partial charge in [0.15, 0.2) is 0 Å². The molecule has 1 atom stereocenters. The quantitative estimate of drug-likeness (QED) is 0.918. The molecular formula is C14H19F3N2O. The van der Waals surface area contributed by atoms with Crippen LogP contribution in [0.3, 0.4) is 0 Å². The highest BCUT2D eigenvalue weighted by atomic mass is 19.4. The molecule has 6 heteroatoms. The second-order valence-corrected chi connectivity index (χ2v) is 4.95. The van der Waals surface area contributed by atoms with Crippen LogP contribution in [0.25, 0.3) is 0 Å². The Morgan fingerprint density at radius 2 is 2.00 bits per heavy atom. The first-order valence-corrected chi connectivity index (χ1v) is 6.63. The van der Waals surface area contributed by atoms with E-state index in [-0.39, 0.29) is 6.04 Å². The third-order valence-corrected chi connectivity index (χ3v) is 3.46. The number of rotatable bonds is 4. The van der Waals surface area contributed by atoms with Gasteiger partial charge in [-0.15, -0.1) is 0 Å². The molecule has 1 N–H and O–H groups in total. The van der Waals surface area contributed by atoms with Crippen molar-refractivity contribution in [2.45, 2.75) is 18.8 Å². The van der Waals surface area contributed by atoms with Gasteiger partial charge in [0.1, 0.15) is 0 Å². The highest BCUT2D eigenvalue weighted by molar-refractivity contribution is 5.24. The molecule has 0 saturated carbocycles. The van der Waals surface area contributed by atoms with E-state index in [1.54, 1.807) is 12.1 Å². The van der Waals surface area contributed by atoms with Crippen molar-refractivity contribution in [1.82, 2.24) is 10.2 Å². The van der Waals surface area contributed by atoms with Crippen molar-refractivity contribution in [2.75, 3.05) is 33.4 Å². The van der Waals surface area contributed by atoms with Gasteiger partial charge in [-0.1, -0.05) is 12.1 Å². The molecule has 0 spiro atoms. The number of benzene rings is 1. The first-order chi connectivity index (χ1) is 9.50. The zero-order valence-corrected chi connectivity index (χ0v) is 11.4. The number of hydrogen-bond donors (Lipinski definition) is 1. The summed E-state index contributed by atoms with van der Waals surface area (Å²) in [5, 5.41) is 3.11. The van der Waals surface area contributed by atoms with Crippen molar-refractivity contribution >= 4 is 0 Å². The van der Waals surface area contributed by atoms with Gasteiger partial charge in [-0.05, 0) is 24.7 Å². The molecule has 1 aromatic carbocycles. The van der Waals surface area contributed by atoms with E-state index in [1.807, 2.05) is 7.05 Å². The monoisotopic (exact) mass is 288 g/mol. The minimum absolute atomic E-state index is 0.260. The van der Waals surface area contributed by atoms with Gasteiger partial charge >= 0.3 is 6.18 Å². The fourth-order valence-corrected chi connectivity index (χ4v) is 2.35. The van der Waals surface area contributed by atoms with Crippen LogP contribution in [-0.4, -0.2) is 44.3 Å². The summed E-state index contributed by atoms with van der Waals surface area (Å²) < 4.78 is 43.0. The van der Waals surface area contributed by atoms with Crippen molar-refractivity contribution in [3.8, 4) is 0 Å². The molecule has 1 aromatic rings. The zero-order chi connectivity index (χ0) is 14.6. The normalized spacial score (nSPS) is 21.1. The van der Waals surface area contributed by atoms with Crippen LogP contribution < -0.4 is 5.32 Å². The van der Waals surface area contributed by atoms with E-state index < -0.39 is 11.7 Å². The van der Waals surface area contributed by atoms with E-state index in [2.05, 4.69) is 10.2 Å². The minimum Gasteiger partial charge on any atom is -0.378 e. The molecular weight excluding hydrogens is 269 g/mol. The molecule has 1 fully saturated rings. The lowest BCUT2D eigenvalue weighted by Crippen LogP contribution is -2.49. The molecule has 0 aromatic heterocycles. The largest absolute Gasteiger partial charge is 0.416 e. The summed E-state index contributed by atoms with van der Waals surface area (Å²) in [4.78, 5) is 2.24. The maximum atomic E-state index is 12.5. The Labute approximate surface area is 116 Å². The average molecular weight is 288 g/mol. The van der Waals surface area contributed by atoms with Gasteiger partial charge in [-0.2, -0.15) is 13.2 Å². The third kappa shape index (κ3) is 3.94. The lowest BCUT2D eigenvalue weighted by Gasteiger charge is -2.35.